The first-order valence-corrected chi connectivity index (χ1v) is 10.2. The van der Waals surface area contributed by atoms with E-state index >= 15 is 0 Å². The van der Waals surface area contributed by atoms with Gasteiger partial charge >= 0.3 is 0 Å². The highest BCUT2D eigenvalue weighted by atomic mass is 35.5. The van der Waals surface area contributed by atoms with Gasteiger partial charge in [-0.3, -0.25) is 4.90 Å². The van der Waals surface area contributed by atoms with E-state index in [0.29, 0.717) is 41.5 Å². The lowest BCUT2D eigenvalue weighted by molar-refractivity contribution is -0.0175. The van der Waals surface area contributed by atoms with E-state index in [1.54, 1.807) is 6.07 Å². The van der Waals surface area contributed by atoms with E-state index in [2.05, 4.69) is 22.0 Å². The molecular formula is C21H21Cl2N3O3. The van der Waals surface area contributed by atoms with Crippen LogP contribution in [0, 0.1) is 0 Å². The summed E-state index contributed by atoms with van der Waals surface area (Å²) in [6.07, 6.45) is 0.984. The summed E-state index contributed by atoms with van der Waals surface area (Å²) in [6, 6.07) is 11.2. The molecule has 0 radical (unpaired) electrons. The van der Waals surface area contributed by atoms with Crippen molar-refractivity contribution in [2.45, 2.75) is 33.0 Å². The second-order valence-corrected chi connectivity index (χ2v) is 7.70. The van der Waals surface area contributed by atoms with Crippen LogP contribution < -0.4 is 4.74 Å². The van der Waals surface area contributed by atoms with E-state index in [4.69, 9.17) is 37.1 Å². The molecule has 0 saturated heterocycles. The molecule has 0 spiro atoms. The minimum Gasteiger partial charge on any atom is -0.467 e. The Morgan fingerprint density at radius 3 is 2.79 bits per heavy atom. The van der Waals surface area contributed by atoms with Crippen molar-refractivity contribution >= 4 is 23.2 Å². The minimum atomic E-state index is 0.250. The van der Waals surface area contributed by atoms with Gasteiger partial charge in [-0.05, 0) is 37.2 Å². The van der Waals surface area contributed by atoms with E-state index in [1.807, 2.05) is 30.3 Å². The van der Waals surface area contributed by atoms with E-state index in [1.165, 1.54) is 0 Å². The lowest BCUT2D eigenvalue weighted by atomic mass is 10.1. The molecule has 4 rings (SSSR count). The summed E-state index contributed by atoms with van der Waals surface area (Å²) in [5, 5.41) is 9.62. The van der Waals surface area contributed by atoms with E-state index < -0.39 is 0 Å². The van der Waals surface area contributed by atoms with Gasteiger partial charge in [-0.2, -0.15) is 0 Å². The summed E-state index contributed by atoms with van der Waals surface area (Å²) in [7, 11) is 0. The summed E-state index contributed by atoms with van der Waals surface area (Å²) >= 11 is 12.5. The first-order chi connectivity index (χ1) is 14.1. The first-order valence-electron chi connectivity index (χ1n) is 9.45. The first kappa shape index (κ1) is 20.2. The minimum absolute atomic E-state index is 0.250. The van der Waals surface area contributed by atoms with Crippen molar-refractivity contribution < 1.29 is 13.9 Å². The summed E-state index contributed by atoms with van der Waals surface area (Å²) in [5.74, 6) is 1.81. The lowest BCUT2D eigenvalue weighted by Gasteiger charge is -2.25. The van der Waals surface area contributed by atoms with Crippen LogP contribution in [0.15, 0.2) is 40.8 Å². The van der Waals surface area contributed by atoms with Crippen molar-refractivity contribution in [1.29, 1.82) is 0 Å². The van der Waals surface area contributed by atoms with Crippen LogP contribution in [-0.2, 0) is 24.4 Å². The van der Waals surface area contributed by atoms with Gasteiger partial charge in [0.05, 0.1) is 23.7 Å². The van der Waals surface area contributed by atoms with Crippen molar-refractivity contribution in [3.8, 4) is 17.2 Å². The second-order valence-electron chi connectivity index (χ2n) is 6.86. The molecule has 3 aromatic rings. The number of hydrogen-bond acceptors (Lipinski definition) is 6. The zero-order valence-electron chi connectivity index (χ0n) is 16.0. The molecule has 1 aliphatic rings. The molecule has 1 aromatic heterocycles. The third-order valence-corrected chi connectivity index (χ3v) is 5.16. The van der Waals surface area contributed by atoms with Gasteiger partial charge in [0.15, 0.2) is 6.79 Å². The number of rotatable bonds is 7. The van der Waals surface area contributed by atoms with Gasteiger partial charge in [0.1, 0.15) is 5.75 Å². The van der Waals surface area contributed by atoms with Crippen LogP contribution in [0.3, 0.4) is 0 Å². The van der Waals surface area contributed by atoms with Crippen molar-refractivity contribution in [1.82, 2.24) is 15.1 Å². The molecule has 0 unspecified atom stereocenters. The number of hydrogen-bond donors (Lipinski definition) is 0. The lowest BCUT2D eigenvalue weighted by Crippen LogP contribution is -2.25. The monoisotopic (exact) mass is 433 g/mol. The maximum atomic E-state index is 6.31. The topological polar surface area (TPSA) is 60.6 Å². The number of benzene rings is 2. The molecule has 0 atom stereocenters. The van der Waals surface area contributed by atoms with Gasteiger partial charge < -0.3 is 13.9 Å². The molecule has 0 saturated carbocycles. The second kappa shape index (κ2) is 9.13. The Morgan fingerprint density at radius 1 is 1.10 bits per heavy atom. The molecule has 6 nitrogen and oxygen atoms in total. The van der Waals surface area contributed by atoms with Crippen molar-refractivity contribution in [3.63, 3.8) is 0 Å². The SMILES string of the molecule is CCCN(Cc1nnc(-c2ccccc2Cl)o1)Cc1cc(Cl)cc2c1OCOC2. The van der Waals surface area contributed by atoms with Gasteiger partial charge in [-0.1, -0.05) is 42.3 Å². The molecule has 29 heavy (non-hydrogen) atoms. The molecule has 0 N–H and O–H groups in total. The molecule has 1 aliphatic heterocycles. The zero-order chi connectivity index (χ0) is 20.2. The average molecular weight is 434 g/mol. The Bertz CT molecular complexity index is 993. The van der Waals surface area contributed by atoms with Gasteiger partial charge in [0.2, 0.25) is 11.8 Å². The molecule has 152 valence electrons. The van der Waals surface area contributed by atoms with Crippen LogP contribution in [0.4, 0.5) is 0 Å². The Morgan fingerprint density at radius 2 is 1.97 bits per heavy atom. The summed E-state index contributed by atoms with van der Waals surface area (Å²) in [4.78, 5) is 2.23. The van der Waals surface area contributed by atoms with Gasteiger partial charge in [-0.25, -0.2) is 0 Å². The number of ether oxygens (including phenoxy) is 2. The fourth-order valence-electron chi connectivity index (χ4n) is 3.40. The van der Waals surface area contributed by atoms with Crippen molar-refractivity contribution in [2.75, 3.05) is 13.3 Å². The highest BCUT2D eigenvalue weighted by Gasteiger charge is 2.20. The predicted octanol–water partition coefficient (Wildman–Crippen LogP) is 5.32. The Labute approximate surface area is 179 Å². The summed E-state index contributed by atoms with van der Waals surface area (Å²) in [5.41, 5.74) is 2.72. The Kier molecular flexibility index (Phi) is 6.35. The molecule has 2 aromatic carbocycles. The maximum absolute atomic E-state index is 6.31. The van der Waals surface area contributed by atoms with E-state index in [-0.39, 0.29) is 6.79 Å². The van der Waals surface area contributed by atoms with Crippen molar-refractivity contribution in [3.05, 3.63) is 63.5 Å². The molecule has 0 amide bonds. The predicted molar refractivity (Wildman–Crippen MR) is 111 cm³/mol. The van der Waals surface area contributed by atoms with Crippen LogP contribution in [0.25, 0.3) is 11.5 Å². The van der Waals surface area contributed by atoms with E-state index in [9.17, 15) is 0 Å². The molecule has 0 aliphatic carbocycles. The Hall–Kier alpha value is -2.12. The van der Waals surface area contributed by atoms with Crippen LogP contribution >= 0.6 is 23.2 Å². The number of aromatic nitrogens is 2. The van der Waals surface area contributed by atoms with Crippen molar-refractivity contribution in [2.24, 2.45) is 0 Å². The molecule has 0 bridgehead atoms. The molecular weight excluding hydrogens is 413 g/mol. The maximum Gasteiger partial charge on any atom is 0.249 e. The quantitative estimate of drug-likeness (QED) is 0.502. The Balaban J connectivity index is 1.54. The highest BCUT2D eigenvalue weighted by Crippen LogP contribution is 2.33. The largest absolute Gasteiger partial charge is 0.467 e. The van der Waals surface area contributed by atoms with Crippen LogP contribution in [0.1, 0.15) is 30.4 Å². The number of halogens is 2. The molecule has 2 heterocycles. The summed E-state index contributed by atoms with van der Waals surface area (Å²) in [6.45, 7) is 4.92. The smallest absolute Gasteiger partial charge is 0.249 e. The van der Waals surface area contributed by atoms with Gasteiger partial charge in [0, 0.05) is 22.7 Å². The van der Waals surface area contributed by atoms with Gasteiger partial charge in [-0.15, -0.1) is 10.2 Å². The normalized spacial score (nSPS) is 13.4. The number of nitrogens with zero attached hydrogens (tertiary/aromatic N) is 3. The zero-order valence-corrected chi connectivity index (χ0v) is 17.5. The number of fused-ring (bicyclic) bond motifs is 1. The summed E-state index contributed by atoms with van der Waals surface area (Å²) < 4.78 is 17.0. The van der Waals surface area contributed by atoms with Crippen LogP contribution in [0.2, 0.25) is 10.0 Å². The van der Waals surface area contributed by atoms with E-state index in [0.717, 1.165) is 35.4 Å². The fraction of sp³-hybridized carbons (Fsp3) is 0.333. The average Bonchev–Trinajstić information content (AvgIpc) is 3.16. The molecule has 8 heteroatoms. The highest BCUT2D eigenvalue weighted by molar-refractivity contribution is 6.33. The molecule has 0 fully saturated rings. The third-order valence-electron chi connectivity index (χ3n) is 4.62. The fourth-order valence-corrected chi connectivity index (χ4v) is 3.88. The third kappa shape index (κ3) is 4.73. The standard InChI is InChI=1S/C21H21Cl2N3O3/c1-2-7-26(10-14-8-16(22)9-15-12-27-13-28-20(14)15)11-19-24-25-21(29-19)17-5-3-4-6-18(17)23/h3-6,8-9H,2,7,10-13H2,1H3. The van der Waals surface area contributed by atoms with Gasteiger partial charge in [0.25, 0.3) is 0 Å². The van der Waals surface area contributed by atoms with Crippen LogP contribution in [0.5, 0.6) is 5.75 Å². The van der Waals surface area contributed by atoms with Crippen LogP contribution in [-0.4, -0.2) is 28.4 Å².